The summed E-state index contributed by atoms with van der Waals surface area (Å²) in [6.45, 7) is 6.27. The van der Waals surface area contributed by atoms with Crippen molar-refractivity contribution in [1.82, 2.24) is 10.3 Å². The van der Waals surface area contributed by atoms with Crippen LogP contribution in [-0.2, 0) is 4.74 Å². The Balaban J connectivity index is 2.68. The van der Waals surface area contributed by atoms with Gasteiger partial charge in [-0.15, -0.1) is 0 Å². The Hall–Kier alpha value is -1.95. The number of carbonyl (C=O) groups is 2. The molecule has 1 heterocycles. The highest BCUT2D eigenvalue weighted by Crippen LogP contribution is 2.07. The third-order valence-corrected chi connectivity index (χ3v) is 2.55. The van der Waals surface area contributed by atoms with E-state index < -0.39 is 5.97 Å². The van der Waals surface area contributed by atoms with Gasteiger partial charge in [0.05, 0.1) is 17.4 Å². The Labute approximate surface area is 111 Å². The molecule has 0 radical (unpaired) electrons. The van der Waals surface area contributed by atoms with Crippen molar-refractivity contribution in [2.24, 2.45) is 0 Å². The van der Waals surface area contributed by atoms with Gasteiger partial charge in [-0.3, -0.25) is 4.79 Å². The average molecular weight is 266 g/mol. The molecule has 1 rings (SSSR count). The van der Waals surface area contributed by atoms with Crippen LogP contribution in [0.3, 0.4) is 0 Å². The number of aromatic carboxylic acids is 1. The predicted octanol–water partition coefficient (Wildman–Crippen LogP) is 1.24. The van der Waals surface area contributed by atoms with E-state index in [2.05, 4.69) is 10.3 Å². The first-order chi connectivity index (χ1) is 8.95. The van der Waals surface area contributed by atoms with Crippen molar-refractivity contribution in [3.63, 3.8) is 0 Å². The van der Waals surface area contributed by atoms with Gasteiger partial charge in [-0.05, 0) is 32.9 Å². The molecule has 6 nitrogen and oxygen atoms in total. The summed E-state index contributed by atoms with van der Waals surface area (Å²) in [5.74, 6) is -1.39. The minimum absolute atomic E-state index is 0.0756. The van der Waals surface area contributed by atoms with Gasteiger partial charge in [0.25, 0.3) is 5.91 Å². The van der Waals surface area contributed by atoms with Gasteiger partial charge in [-0.25, -0.2) is 9.78 Å². The van der Waals surface area contributed by atoms with E-state index in [1.165, 1.54) is 12.1 Å². The number of carbonyl (C=O) groups excluding carboxylic acids is 1. The summed E-state index contributed by atoms with van der Waals surface area (Å²) in [5.41, 5.74) is 0.614. The Morgan fingerprint density at radius 2 is 2.16 bits per heavy atom. The van der Waals surface area contributed by atoms with Crippen LogP contribution in [0.4, 0.5) is 0 Å². The zero-order valence-corrected chi connectivity index (χ0v) is 11.3. The first-order valence-corrected chi connectivity index (χ1v) is 6.06. The summed E-state index contributed by atoms with van der Waals surface area (Å²) in [7, 11) is 0. The first kappa shape index (κ1) is 15.1. The zero-order valence-electron chi connectivity index (χ0n) is 11.3. The molecule has 0 saturated carbocycles. The van der Waals surface area contributed by atoms with Gasteiger partial charge in [0.15, 0.2) is 0 Å². The topological polar surface area (TPSA) is 88.5 Å². The normalized spacial score (nSPS) is 11.9. The van der Waals surface area contributed by atoms with Crippen molar-refractivity contribution in [3.8, 4) is 0 Å². The maximum atomic E-state index is 11.8. The van der Waals surface area contributed by atoms with E-state index in [-0.39, 0.29) is 23.3 Å². The van der Waals surface area contributed by atoms with Crippen LogP contribution >= 0.6 is 0 Å². The smallest absolute Gasteiger partial charge is 0.337 e. The van der Waals surface area contributed by atoms with Gasteiger partial charge < -0.3 is 15.2 Å². The first-order valence-electron chi connectivity index (χ1n) is 6.06. The number of nitrogens with zero attached hydrogens (tertiary/aromatic N) is 1. The summed E-state index contributed by atoms with van der Waals surface area (Å²) in [6, 6.07) is 2.78. The van der Waals surface area contributed by atoms with Gasteiger partial charge >= 0.3 is 5.97 Å². The van der Waals surface area contributed by atoms with Crippen molar-refractivity contribution in [3.05, 3.63) is 29.1 Å². The Kier molecular flexibility index (Phi) is 5.44. The summed E-state index contributed by atoms with van der Waals surface area (Å²) in [6.07, 6.45) is -0.0756. The highest BCUT2D eigenvalue weighted by atomic mass is 16.5. The summed E-state index contributed by atoms with van der Waals surface area (Å²) in [5, 5.41) is 11.6. The Bertz CT molecular complexity index is 474. The lowest BCUT2D eigenvalue weighted by molar-refractivity contribution is 0.0689. The number of hydrogen-bond donors (Lipinski definition) is 2. The fraction of sp³-hybridized carbons (Fsp3) is 0.462. The number of amides is 1. The van der Waals surface area contributed by atoms with E-state index >= 15 is 0 Å². The van der Waals surface area contributed by atoms with Crippen LogP contribution in [0.2, 0.25) is 0 Å². The van der Waals surface area contributed by atoms with Gasteiger partial charge in [0.2, 0.25) is 0 Å². The largest absolute Gasteiger partial charge is 0.478 e. The minimum Gasteiger partial charge on any atom is -0.478 e. The van der Waals surface area contributed by atoms with Crippen molar-refractivity contribution < 1.29 is 19.4 Å². The lowest BCUT2D eigenvalue weighted by atomic mass is 10.2. The maximum absolute atomic E-state index is 11.8. The number of carboxylic acid groups (broad SMARTS) is 1. The molecule has 0 saturated heterocycles. The molecular formula is C13H18N2O4. The number of rotatable bonds is 6. The summed E-state index contributed by atoms with van der Waals surface area (Å²) >= 11 is 0. The second-order valence-corrected chi connectivity index (χ2v) is 4.11. The monoisotopic (exact) mass is 266 g/mol. The van der Waals surface area contributed by atoms with Crippen LogP contribution in [-0.4, -0.2) is 41.2 Å². The van der Waals surface area contributed by atoms with Gasteiger partial charge in [-0.1, -0.05) is 0 Å². The zero-order chi connectivity index (χ0) is 14.4. The number of aryl methyl sites for hydroxylation is 1. The lowest BCUT2D eigenvalue weighted by Gasteiger charge is -2.12. The van der Waals surface area contributed by atoms with E-state index in [1.54, 1.807) is 6.92 Å². The van der Waals surface area contributed by atoms with Gasteiger partial charge in [-0.2, -0.15) is 0 Å². The number of carboxylic acids is 1. The quantitative estimate of drug-likeness (QED) is 0.808. The third-order valence-electron chi connectivity index (χ3n) is 2.55. The molecule has 6 heteroatoms. The number of nitrogens with one attached hydrogen (secondary N) is 1. The molecule has 0 aliphatic heterocycles. The van der Waals surface area contributed by atoms with E-state index in [1.807, 2.05) is 13.8 Å². The average Bonchev–Trinajstić information content (AvgIpc) is 2.35. The molecule has 0 fully saturated rings. The second-order valence-electron chi connectivity index (χ2n) is 4.11. The van der Waals surface area contributed by atoms with Crippen LogP contribution < -0.4 is 5.32 Å². The highest BCUT2D eigenvalue weighted by molar-refractivity contribution is 5.94. The van der Waals surface area contributed by atoms with E-state index in [0.717, 1.165) is 0 Å². The predicted molar refractivity (Wildman–Crippen MR) is 69.4 cm³/mol. The molecule has 104 valence electrons. The van der Waals surface area contributed by atoms with Crippen molar-refractivity contribution in [1.29, 1.82) is 0 Å². The van der Waals surface area contributed by atoms with Crippen molar-refractivity contribution in [2.45, 2.75) is 26.9 Å². The van der Waals surface area contributed by atoms with Crippen LogP contribution in [0.1, 0.15) is 40.4 Å². The molecule has 1 aromatic heterocycles. The van der Waals surface area contributed by atoms with Crippen molar-refractivity contribution in [2.75, 3.05) is 13.2 Å². The number of ether oxygens (including phenoxy) is 1. The number of hydrogen-bond acceptors (Lipinski definition) is 4. The Morgan fingerprint density at radius 1 is 1.47 bits per heavy atom. The molecule has 0 aliphatic rings. The summed E-state index contributed by atoms with van der Waals surface area (Å²) < 4.78 is 5.29. The molecule has 0 spiro atoms. The molecule has 1 atom stereocenters. The molecule has 0 aliphatic carbocycles. The van der Waals surface area contributed by atoms with Crippen LogP contribution in [0.5, 0.6) is 0 Å². The SMILES string of the molecule is CCOC(C)CNC(=O)c1ccc(C(=O)O)c(C)n1. The fourth-order valence-corrected chi connectivity index (χ4v) is 1.58. The maximum Gasteiger partial charge on any atom is 0.337 e. The second kappa shape index (κ2) is 6.84. The molecule has 19 heavy (non-hydrogen) atoms. The number of pyridine rings is 1. The molecule has 0 bridgehead atoms. The minimum atomic E-state index is -1.05. The summed E-state index contributed by atoms with van der Waals surface area (Å²) in [4.78, 5) is 26.6. The molecule has 1 amide bonds. The van der Waals surface area contributed by atoms with Gasteiger partial charge in [0.1, 0.15) is 5.69 Å². The molecular weight excluding hydrogens is 248 g/mol. The molecule has 1 unspecified atom stereocenters. The van der Waals surface area contributed by atoms with Crippen LogP contribution in [0.25, 0.3) is 0 Å². The highest BCUT2D eigenvalue weighted by Gasteiger charge is 2.13. The molecule has 2 N–H and O–H groups in total. The van der Waals surface area contributed by atoms with Crippen LogP contribution in [0.15, 0.2) is 12.1 Å². The molecule has 1 aromatic rings. The van der Waals surface area contributed by atoms with Crippen molar-refractivity contribution >= 4 is 11.9 Å². The van der Waals surface area contributed by atoms with E-state index in [9.17, 15) is 9.59 Å². The fourth-order valence-electron chi connectivity index (χ4n) is 1.58. The van der Waals surface area contributed by atoms with E-state index in [4.69, 9.17) is 9.84 Å². The number of aromatic nitrogens is 1. The third kappa shape index (κ3) is 4.33. The lowest BCUT2D eigenvalue weighted by Crippen LogP contribution is -2.32. The van der Waals surface area contributed by atoms with E-state index in [0.29, 0.717) is 18.8 Å². The van der Waals surface area contributed by atoms with Crippen LogP contribution in [0, 0.1) is 6.92 Å². The van der Waals surface area contributed by atoms with Gasteiger partial charge in [0, 0.05) is 13.2 Å². The standard InChI is InChI=1S/C13H18N2O4/c1-4-19-8(2)7-14-12(16)11-6-5-10(13(17)18)9(3)15-11/h5-6,8H,4,7H2,1-3H3,(H,14,16)(H,17,18). The Morgan fingerprint density at radius 3 is 2.68 bits per heavy atom. The molecule has 0 aromatic carbocycles.